The van der Waals surface area contributed by atoms with E-state index in [4.69, 9.17) is 0 Å². The van der Waals surface area contributed by atoms with E-state index in [1.807, 2.05) is 31.2 Å². The Morgan fingerprint density at radius 2 is 1.67 bits per heavy atom. The van der Waals surface area contributed by atoms with Crippen LogP contribution in [-0.2, 0) is 21.2 Å². The molecule has 0 aromatic heterocycles. The molecule has 1 amide bonds. The van der Waals surface area contributed by atoms with Gasteiger partial charge in [-0.15, -0.1) is 0 Å². The Balaban J connectivity index is 1.87. The zero-order valence-corrected chi connectivity index (χ0v) is 14.3. The van der Waals surface area contributed by atoms with E-state index in [2.05, 4.69) is 0 Å². The van der Waals surface area contributed by atoms with Gasteiger partial charge in [-0.2, -0.15) is 0 Å². The molecule has 1 unspecified atom stereocenters. The summed E-state index contributed by atoms with van der Waals surface area (Å²) in [6.45, 7) is 3.62. The van der Waals surface area contributed by atoms with Gasteiger partial charge in [0.05, 0.1) is 10.9 Å². The summed E-state index contributed by atoms with van der Waals surface area (Å²) in [6.07, 6.45) is 0.637. The molecule has 1 heterocycles. The number of carbonyl (C=O) groups excluding carboxylic acids is 1. The lowest BCUT2D eigenvalue weighted by Crippen LogP contribution is -2.35. The lowest BCUT2D eigenvalue weighted by molar-refractivity contribution is -0.122. The summed E-state index contributed by atoms with van der Waals surface area (Å²) in [5.74, 6) is -0.412. The molecule has 1 aliphatic heterocycles. The van der Waals surface area contributed by atoms with Gasteiger partial charge >= 0.3 is 0 Å². The second-order valence-electron chi connectivity index (χ2n) is 6.35. The predicted octanol–water partition coefficient (Wildman–Crippen LogP) is 3.14. The molecule has 2 aliphatic rings. The standard InChI is InChI=1S/C19H17NO3S/c1-12-7-9-15(10-8-12)24(22,23)20-18-16-6-4-3-5-14(16)11-17(18)13(2)19(20)21/h3-10,18H,11H2,1-2H3. The maximum Gasteiger partial charge on any atom is 0.267 e. The molecule has 5 heteroatoms. The van der Waals surface area contributed by atoms with E-state index in [0.717, 1.165) is 26.6 Å². The highest BCUT2D eigenvalue weighted by atomic mass is 32.2. The third kappa shape index (κ3) is 1.97. The zero-order valence-electron chi connectivity index (χ0n) is 13.5. The maximum atomic E-state index is 13.1. The number of nitrogens with zero attached hydrogens (tertiary/aromatic N) is 1. The Bertz CT molecular complexity index is 988. The van der Waals surface area contributed by atoms with Crippen LogP contribution in [0.15, 0.2) is 64.6 Å². The zero-order chi connectivity index (χ0) is 17.1. The summed E-state index contributed by atoms with van der Waals surface area (Å²) in [5, 5.41) is 0. The van der Waals surface area contributed by atoms with E-state index in [9.17, 15) is 13.2 Å². The second-order valence-corrected chi connectivity index (χ2v) is 8.16. The quantitative estimate of drug-likeness (QED) is 0.845. The van der Waals surface area contributed by atoms with Crippen LogP contribution in [-0.4, -0.2) is 18.6 Å². The summed E-state index contributed by atoms with van der Waals surface area (Å²) in [5.41, 5.74) is 4.42. The Morgan fingerprint density at radius 3 is 2.38 bits per heavy atom. The molecule has 0 radical (unpaired) electrons. The molecule has 0 saturated carbocycles. The number of hydrogen-bond acceptors (Lipinski definition) is 3. The largest absolute Gasteiger partial charge is 0.268 e. The van der Waals surface area contributed by atoms with Crippen molar-refractivity contribution in [3.05, 3.63) is 76.4 Å². The second kappa shape index (κ2) is 5.05. The Morgan fingerprint density at radius 1 is 1.00 bits per heavy atom. The van der Waals surface area contributed by atoms with Gasteiger partial charge in [-0.1, -0.05) is 42.0 Å². The number of carbonyl (C=O) groups is 1. The molecule has 24 heavy (non-hydrogen) atoms. The fourth-order valence-corrected chi connectivity index (χ4v) is 5.13. The minimum Gasteiger partial charge on any atom is -0.268 e. The molecule has 4 rings (SSSR count). The molecule has 1 aliphatic carbocycles. The van der Waals surface area contributed by atoms with Gasteiger partial charge in [-0.05, 0) is 49.1 Å². The van der Waals surface area contributed by atoms with E-state index in [1.165, 1.54) is 0 Å². The third-order valence-electron chi connectivity index (χ3n) is 4.88. The van der Waals surface area contributed by atoms with Crippen molar-refractivity contribution in [3.8, 4) is 0 Å². The minimum atomic E-state index is -3.89. The molecular formula is C19H17NO3S. The Hall–Kier alpha value is -2.40. The van der Waals surface area contributed by atoms with Crippen molar-refractivity contribution in [2.24, 2.45) is 0 Å². The fourth-order valence-electron chi connectivity index (χ4n) is 3.55. The van der Waals surface area contributed by atoms with Crippen LogP contribution in [0.4, 0.5) is 0 Å². The van der Waals surface area contributed by atoms with Gasteiger partial charge in [0.2, 0.25) is 0 Å². The fraction of sp³-hybridized carbons (Fsp3) is 0.211. The van der Waals surface area contributed by atoms with E-state index in [-0.39, 0.29) is 4.90 Å². The Labute approximate surface area is 141 Å². The van der Waals surface area contributed by atoms with Crippen LogP contribution in [0.1, 0.15) is 29.7 Å². The maximum absolute atomic E-state index is 13.1. The molecule has 0 fully saturated rings. The normalized spacial score (nSPS) is 19.7. The van der Waals surface area contributed by atoms with Crippen molar-refractivity contribution in [2.75, 3.05) is 0 Å². The predicted molar refractivity (Wildman–Crippen MR) is 90.8 cm³/mol. The van der Waals surface area contributed by atoms with Crippen LogP contribution in [0.3, 0.4) is 0 Å². The number of benzene rings is 2. The lowest BCUT2D eigenvalue weighted by atomic mass is 10.1. The highest BCUT2D eigenvalue weighted by molar-refractivity contribution is 7.89. The van der Waals surface area contributed by atoms with Crippen molar-refractivity contribution < 1.29 is 13.2 Å². The first-order valence-electron chi connectivity index (χ1n) is 7.84. The van der Waals surface area contributed by atoms with Gasteiger partial charge in [0.25, 0.3) is 15.9 Å². The number of fused-ring (bicyclic) bond motifs is 3. The van der Waals surface area contributed by atoms with Gasteiger partial charge in [0.15, 0.2) is 0 Å². The first kappa shape index (κ1) is 15.1. The molecule has 0 bridgehead atoms. The Kier molecular flexibility index (Phi) is 3.18. The highest BCUT2D eigenvalue weighted by Crippen LogP contribution is 2.48. The molecule has 0 spiro atoms. The van der Waals surface area contributed by atoms with E-state index < -0.39 is 22.0 Å². The van der Waals surface area contributed by atoms with Crippen LogP contribution in [0.2, 0.25) is 0 Å². The number of rotatable bonds is 2. The smallest absolute Gasteiger partial charge is 0.267 e. The average molecular weight is 339 g/mol. The summed E-state index contributed by atoms with van der Waals surface area (Å²) in [6, 6.07) is 13.9. The average Bonchev–Trinajstić information content (AvgIpc) is 3.04. The molecule has 2 aromatic carbocycles. The first-order chi connectivity index (χ1) is 11.4. The van der Waals surface area contributed by atoms with Crippen molar-refractivity contribution in [1.29, 1.82) is 0 Å². The van der Waals surface area contributed by atoms with E-state index in [1.54, 1.807) is 31.2 Å². The highest BCUT2D eigenvalue weighted by Gasteiger charge is 2.48. The minimum absolute atomic E-state index is 0.153. The van der Waals surface area contributed by atoms with Crippen LogP contribution in [0.25, 0.3) is 0 Å². The van der Waals surface area contributed by atoms with Crippen molar-refractivity contribution >= 4 is 15.9 Å². The number of hydrogen-bond donors (Lipinski definition) is 0. The van der Waals surface area contributed by atoms with Gasteiger partial charge in [0, 0.05) is 5.57 Å². The molecule has 1 atom stereocenters. The summed E-state index contributed by atoms with van der Waals surface area (Å²) in [4.78, 5) is 12.9. The summed E-state index contributed by atoms with van der Waals surface area (Å²) >= 11 is 0. The molecule has 4 nitrogen and oxygen atoms in total. The van der Waals surface area contributed by atoms with Crippen molar-refractivity contribution in [3.63, 3.8) is 0 Å². The number of amides is 1. The molecule has 122 valence electrons. The topological polar surface area (TPSA) is 54.5 Å². The van der Waals surface area contributed by atoms with Gasteiger partial charge in [0.1, 0.15) is 0 Å². The van der Waals surface area contributed by atoms with Crippen molar-refractivity contribution in [2.45, 2.75) is 31.2 Å². The monoisotopic (exact) mass is 339 g/mol. The van der Waals surface area contributed by atoms with Crippen LogP contribution in [0.5, 0.6) is 0 Å². The molecule has 2 aromatic rings. The molecule has 0 saturated heterocycles. The summed E-state index contributed by atoms with van der Waals surface area (Å²) < 4.78 is 27.3. The lowest BCUT2D eigenvalue weighted by Gasteiger charge is -2.24. The molecular weight excluding hydrogens is 322 g/mol. The third-order valence-corrected chi connectivity index (χ3v) is 6.64. The number of aryl methyl sites for hydroxylation is 1. The summed E-state index contributed by atoms with van der Waals surface area (Å²) in [7, 11) is -3.89. The van der Waals surface area contributed by atoms with Crippen LogP contribution >= 0.6 is 0 Å². The van der Waals surface area contributed by atoms with E-state index in [0.29, 0.717) is 12.0 Å². The molecule has 0 N–H and O–H groups in total. The first-order valence-corrected chi connectivity index (χ1v) is 9.28. The van der Waals surface area contributed by atoms with Gasteiger partial charge in [-0.25, -0.2) is 12.7 Å². The van der Waals surface area contributed by atoms with Gasteiger partial charge < -0.3 is 0 Å². The van der Waals surface area contributed by atoms with Crippen LogP contribution < -0.4 is 0 Å². The number of sulfonamides is 1. The van der Waals surface area contributed by atoms with E-state index >= 15 is 0 Å². The SMILES string of the molecule is CC1=C2Cc3ccccc3C2N(S(=O)(=O)c2ccc(C)cc2)C1=O. The van der Waals surface area contributed by atoms with Crippen molar-refractivity contribution in [1.82, 2.24) is 4.31 Å². The van der Waals surface area contributed by atoms with Crippen LogP contribution in [0, 0.1) is 6.92 Å². The van der Waals surface area contributed by atoms with Gasteiger partial charge in [-0.3, -0.25) is 4.79 Å².